The smallest absolute Gasteiger partial charge is 0.336 e. The molecule has 22 heavy (non-hydrogen) atoms. The molecular weight excluding hydrogens is 278 g/mol. The summed E-state index contributed by atoms with van der Waals surface area (Å²) < 4.78 is 4.91. The van der Waals surface area contributed by atoms with Crippen LogP contribution in [0.4, 0.5) is 0 Å². The highest BCUT2D eigenvalue weighted by Crippen LogP contribution is 2.36. The van der Waals surface area contributed by atoms with Gasteiger partial charge >= 0.3 is 5.97 Å². The highest BCUT2D eigenvalue weighted by atomic mass is 16.5. The van der Waals surface area contributed by atoms with Gasteiger partial charge in [-0.05, 0) is 23.3 Å². The molecule has 1 N–H and O–H groups in total. The number of amides is 1. The Bertz CT molecular complexity index is 787. The van der Waals surface area contributed by atoms with E-state index in [2.05, 4.69) is 5.32 Å². The number of hydrogen-bond acceptors (Lipinski definition) is 3. The molecule has 1 atom stereocenters. The molecular formula is C18H17NO3. The maximum Gasteiger partial charge on any atom is 0.336 e. The van der Waals surface area contributed by atoms with Crippen LogP contribution in [-0.2, 0) is 14.3 Å². The molecule has 2 aromatic rings. The van der Waals surface area contributed by atoms with Crippen molar-refractivity contribution in [1.29, 1.82) is 0 Å². The van der Waals surface area contributed by atoms with Crippen molar-refractivity contribution >= 4 is 22.6 Å². The molecule has 1 heterocycles. The topological polar surface area (TPSA) is 55.4 Å². The first-order valence-corrected chi connectivity index (χ1v) is 7.18. The van der Waals surface area contributed by atoms with Gasteiger partial charge < -0.3 is 10.1 Å². The van der Waals surface area contributed by atoms with E-state index in [0.29, 0.717) is 11.3 Å². The summed E-state index contributed by atoms with van der Waals surface area (Å²) in [6, 6.07) is 13.9. The molecule has 0 saturated carbocycles. The lowest BCUT2D eigenvalue weighted by Crippen LogP contribution is -2.34. The molecule has 2 aromatic carbocycles. The van der Waals surface area contributed by atoms with Crippen LogP contribution in [0.2, 0.25) is 0 Å². The third kappa shape index (κ3) is 2.37. The normalized spacial score (nSPS) is 18.3. The van der Waals surface area contributed by atoms with Gasteiger partial charge in [0.05, 0.1) is 12.7 Å². The van der Waals surface area contributed by atoms with Gasteiger partial charge in [0.1, 0.15) is 0 Å². The van der Waals surface area contributed by atoms with E-state index in [-0.39, 0.29) is 18.2 Å². The number of carbonyl (C=O) groups is 2. The number of hydrogen-bond donors (Lipinski definition) is 1. The molecule has 0 saturated heterocycles. The maximum atomic E-state index is 12.2. The molecule has 0 spiro atoms. The highest BCUT2D eigenvalue weighted by molar-refractivity contribution is 5.98. The van der Waals surface area contributed by atoms with Crippen molar-refractivity contribution in [2.45, 2.75) is 19.3 Å². The summed E-state index contributed by atoms with van der Waals surface area (Å²) in [7, 11) is 1.36. The van der Waals surface area contributed by atoms with E-state index in [1.165, 1.54) is 7.11 Å². The maximum absolute atomic E-state index is 12.2. The van der Waals surface area contributed by atoms with Crippen molar-refractivity contribution in [3.63, 3.8) is 0 Å². The van der Waals surface area contributed by atoms with Crippen LogP contribution < -0.4 is 5.32 Å². The lowest BCUT2D eigenvalue weighted by molar-refractivity contribution is -0.136. The van der Waals surface area contributed by atoms with Gasteiger partial charge in [0.15, 0.2) is 0 Å². The predicted octanol–water partition coefficient (Wildman–Crippen LogP) is 2.89. The van der Waals surface area contributed by atoms with Crippen LogP contribution in [0.1, 0.15) is 24.8 Å². The van der Waals surface area contributed by atoms with Crippen LogP contribution in [-0.4, -0.2) is 19.0 Å². The molecule has 1 aliphatic rings. The van der Waals surface area contributed by atoms with E-state index < -0.39 is 5.97 Å². The van der Waals surface area contributed by atoms with Crippen molar-refractivity contribution in [1.82, 2.24) is 5.32 Å². The molecule has 0 unspecified atom stereocenters. The third-order valence-electron chi connectivity index (χ3n) is 4.07. The molecule has 0 bridgehead atoms. The van der Waals surface area contributed by atoms with Gasteiger partial charge in [-0.25, -0.2) is 4.79 Å². The zero-order valence-electron chi connectivity index (χ0n) is 12.6. The Balaban J connectivity index is 2.21. The number of nitrogens with one attached hydrogen (secondary N) is 1. The zero-order chi connectivity index (χ0) is 15.7. The van der Waals surface area contributed by atoms with Crippen LogP contribution in [0, 0.1) is 0 Å². The molecule has 0 aromatic heterocycles. The Kier molecular flexibility index (Phi) is 3.67. The van der Waals surface area contributed by atoms with Crippen molar-refractivity contribution in [2.24, 2.45) is 0 Å². The molecule has 1 aliphatic heterocycles. The number of fused-ring (bicyclic) bond motifs is 1. The number of methoxy groups -OCH3 is 1. The summed E-state index contributed by atoms with van der Waals surface area (Å²) in [6.45, 7) is 1.74. The number of esters is 1. The summed E-state index contributed by atoms with van der Waals surface area (Å²) in [4.78, 5) is 24.1. The van der Waals surface area contributed by atoms with Crippen LogP contribution in [0.3, 0.4) is 0 Å². The second-order valence-corrected chi connectivity index (χ2v) is 5.40. The summed E-state index contributed by atoms with van der Waals surface area (Å²) in [5.74, 6) is -0.758. The van der Waals surface area contributed by atoms with Gasteiger partial charge in [-0.1, -0.05) is 42.5 Å². The van der Waals surface area contributed by atoms with E-state index >= 15 is 0 Å². The van der Waals surface area contributed by atoms with E-state index in [1.54, 1.807) is 6.92 Å². The van der Waals surface area contributed by atoms with Crippen molar-refractivity contribution in [3.05, 3.63) is 59.3 Å². The van der Waals surface area contributed by atoms with E-state index in [0.717, 1.165) is 16.3 Å². The molecule has 1 amide bonds. The lowest BCUT2D eigenvalue weighted by atomic mass is 9.82. The minimum absolute atomic E-state index is 0.0805. The Morgan fingerprint density at radius 1 is 1.18 bits per heavy atom. The lowest BCUT2D eigenvalue weighted by Gasteiger charge is -2.27. The molecule has 0 radical (unpaired) electrons. The second-order valence-electron chi connectivity index (χ2n) is 5.40. The number of rotatable bonds is 2. The third-order valence-corrected chi connectivity index (χ3v) is 4.07. The van der Waals surface area contributed by atoms with Gasteiger partial charge in [-0.15, -0.1) is 0 Å². The largest absolute Gasteiger partial charge is 0.466 e. The first-order chi connectivity index (χ1) is 10.6. The van der Waals surface area contributed by atoms with Crippen molar-refractivity contribution < 1.29 is 14.3 Å². The molecule has 3 rings (SSSR count). The minimum atomic E-state index is -0.393. The van der Waals surface area contributed by atoms with Crippen LogP contribution >= 0.6 is 0 Å². The van der Waals surface area contributed by atoms with E-state index in [1.807, 2.05) is 42.5 Å². The first kappa shape index (κ1) is 14.3. The summed E-state index contributed by atoms with van der Waals surface area (Å²) in [5.41, 5.74) is 2.08. The van der Waals surface area contributed by atoms with E-state index in [4.69, 9.17) is 4.74 Å². The first-order valence-electron chi connectivity index (χ1n) is 7.18. The van der Waals surface area contributed by atoms with Crippen LogP contribution in [0.15, 0.2) is 53.7 Å². The van der Waals surface area contributed by atoms with E-state index in [9.17, 15) is 9.59 Å². The monoisotopic (exact) mass is 295 g/mol. The predicted molar refractivity (Wildman–Crippen MR) is 84.2 cm³/mol. The zero-order valence-corrected chi connectivity index (χ0v) is 12.6. The fourth-order valence-corrected chi connectivity index (χ4v) is 3.10. The van der Waals surface area contributed by atoms with Crippen LogP contribution in [0.25, 0.3) is 10.8 Å². The summed E-state index contributed by atoms with van der Waals surface area (Å²) in [5, 5.41) is 4.88. The molecule has 112 valence electrons. The summed E-state index contributed by atoms with van der Waals surface area (Å²) >= 11 is 0. The Morgan fingerprint density at radius 2 is 1.91 bits per heavy atom. The van der Waals surface area contributed by atoms with Crippen molar-refractivity contribution in [2.75, 3.05) is 7.11 Å². The second kappa shape index (κ2) is 5.64. The van der Waals surface area contributed by atoms with Gasteiger partial charge in [-0.2, -0.15) is 0 Å². The number of carbonyl (C=O) groups excluding carboxylic acids is 2. The Hall–Kier alpha value is -2.62. The average molecular weight is 295 g/mol. The molecule has 0 aliphatic carbocycles. The standard InChI is InChI=1S/C18H17NO3/c1-11-17(18(21)22-2)15(10-16(20)19-11)14-9-5-7-12-6-3-4-8-13(12)14/h3-9,15H,10H2,1-2H3,(H,19,20)/t15-/m1/s1. The van der Waals surface area contributed by atoms with Gasteiger partial charge in [-0.3, -0.25) is 4.79 Å². The fourth-order valence-electron chi connectivity index (χ4n) is 3.10. The molecule has 0 fully saturated rings. The quantitative estimate of drug-likeness (QED) is 0.867. The molecule has 4 heteroatoms. The highest BCUT2D eigenvalue weighted by Gasteiger charge is 2.33. The molecule has 4 nitrogen and oxygen atoms in total. The number of allylic oxidation sites excluding steroid dienone is 1. The number of benzene rings is 2. The Morgan fingerprint density at radius 3 is 2.68 bits per heavy atom. The Labute approximate surface area is 128 Å². The fraction of sp³-hybridized carbons (Fsp3) is 0.222. The minimum Gasteiger partial charge on any atom is -0.466 e. The van der Waals surface area contributed by atoms with Gasteiger partial charge in [0.2, 0.25) is 5.91 Å². The van der Waals surface area contributed by atoms with Gasteiger partial charge in [0, 0.05) is 18.0 Å². The SMILES string of the molecule is COC(=O)C1=C(C)NC(=O)C[C@@H]1c1cccc2ccccc12. The number of ether oxygens (including phenoxy) is 1. The van der Waals surface area contributed by atoms with Gasteiger partial charge in [0.25, 0.3) is 0 Å². The van der Waals surface area contributed by atoms with Crippen LogP contribution in [0.5, 0.6) is 0 Å². The van der Waals surface area contributed by atoms with Crippen molar-refractivity contribution in [3.8, 4) is 0 Å². The summed E-state index contributed by atoms with van der Waals surface area (Å²) in [6.07, 6.45) is 0.246. The average Bonchev–Trinajstić information content (AvgIpc) is 2.53.